The van der Waals surface area contributed by atoms with E-state index in [1.54, 1.807) is 6.92 Å². The molecule has 0 bridgehead atoms. The monoisotopic (exact) mass is 197 g/mol. The summed E-state index contributed by atoms with van der Waals surface area (Å²) in [5.74, 6) is -0.661. The fourth-order valence-corrected chi connectivity index (χ4v) is 0.604. The van der Waals surface area contributed by atoms with Crippen LogP contribution in [0.4, 0.5) is 0 Å². The van der Waals surface area contributed by atoms with Gasteiger partial charge in [0, 0.05) is 4.91 Å². The van der Waals surface area contributed by atoms with Gasteiger partial charge in [-0.25, -0.2) is 4.79 Å². The summed E-state index contributed by atoms with van der Waals surface area (Å²) < 4.78 is 9.24. The first-order valence-electron chi connectivity index (χ1n) is 3.88. The van der Waals surface area contributed by atoms with Crippen molar-refractivity contribution in [3.8, 4) is 0 Å². The second-order valence-corrected chi connectivity index (χ2v) is 2.03. The fourth-order valence-electron chi connectivity index (χ4n) is 0.604. The first kappa shape index (κ1) is 12.1. The van der Waals surface area contributed by atoms with Crippen LogP contribution in [-0.4, -0.2) is 19.7 Å². The topological polar surface area (TPSA) is 84.3 Å². The third-order valence-electron chi connectivity index (χ3n) is 1.11. The number of methoxy groups -OCH3 is 1. The van der Waals surface area contributed by atoms with Crippen molar-refractivity contribution in [1.82, 2.24) is 0 Å². The molecule has 0 spiro atoms. The van der Waals surface area contributed by atoms with E-state index in [1.165, 1.54) is 25.5 Å². The third kappa shape index (κ3) is 4.84. The average Bonchev–Trinajstić information content (AvgIpc) is 2.17. The van der Waals surface area contributed by atoms with Crippen molar-refractivity contribution in [2.24, 2.45) is 5.11 Å². The molecule has 0 aromatic carbocycles. The minimum atomic E-state index is -0.661. The van der Waals surface area contributed by atoms with E-state index in [0.29, 0.717) is 0 Å². The van der Waals surface area contributed by atoms with E-state index in [9.17, 15) is 4.79 Å². The van der Waals surface area contributed by atoms with Gasteiger partial charge in [0.2, 0.25) is 0 Å². The average molecular weight is 197 g/mol. The van der Waals surface area contributed by atoms with Crippen LogP contribution in [0.3, 0.4) is 0 Å². The zero-order valence-electron chi connectivity index (χ0n) is 8.01. The molecule has 0 saturated heterocycles. The van der Waals surface area contributed by atoms with Crippen LogP contribution in [0.2, 0.25) is 0 Å². The Kier molecular flexibility index (Phi) is 6.63. The van der Waals surface area contributed by atoms with Crippen molar-refractivity contribution in [2.75, 3.05) is 13.7 Å². The minimum absolute atomic E-state index is 0.109. The first-order valence-corrected chi connectivity index (χ1v) is 3.88. The second-order valence-electron chi connectivity index (χ2n) is 2.03. The molecule has 14 heavy (non-hydrogen) atoms. The van der Waals surface area contributed by atoms with E-state index in [0.717, 1.165) is 0 Å². The fraction of sp³-hybridized carbons (Fsp3) is 0.375. The van der Waals surface area contributed by atoms with Gasteiger partial charge in [0.15, 0.2) is 0 Å². The highest BCUT2D eigenvalue weighted by molar-refractivity contribution is 5.88. The predicted octanol–water partition coefficient (Wildman–Crippen LogP) is 1.90. The van der Waals surface area contributed by atoms with Crippen LogP contribution in [0.25, 0.3) is 10.4 Å². The number of ether oxygens (including phenoxy) is 2. The number of carbonyl (C=O) groups is 1. The highest BCUT2D eigenvalue weighted by Crippen LogP contribution is 2.01. The molecule has 0 unspecified atom stereocenters. The van der Waals surface area contributed by atoms with Crippen molar-refractivity contribution < 1.29 is 14.3 Å². The summed E-state index contributed by atoms with van der Waals surface area (Å²) in [5, 5.41) is 3.17. The van der Waals surface area contributed by atoms with Crippen LogP contribution in [0.1, 0.15) is 6.92 Å². The van der Waals surface area contributed by atoms with Crippen LogP contribution >= 0.6 is 0 Å². The van der Waals surface area contributed by atoms with Gasteiger partial charge >= 0.3 is 5.97 Å². The van der Waals surface area contributed by atoms with Gasteiger partial charge in [-0.05, 0) is 24.6 Å². The number of hydrogen-bond acceptors (Lipinski definition) is 4. The van der Waals surface area contributed by atoms with E-state index < -0.39 is 5.97 Å². The quantitative estimate of drug-likeness (QED) is 0.128. The highest BCUT2D eigenvalue weighted by Gasteiger charge is 2.06. The van der Waals surface area contributed by atoms with Crippen LogP contribution in [0.15, 0.2) is 29.2 Å². The predicted molar refractivity (Wildman–Crippen MR) is 50.0 cm³/mol. The number of rotatable bonds is 5. The number of nitrogens with zero attached hydrogens (tertiary/aromatic N) is 3. The van der Waals surface area contributed by atoms with E-state index in [1.807, 2.05) is 0 Å². The zero-order chi connectivity index (χ0) is 10.8. The Morgan fingerprint density at radius 1 is 1.64 bits per heavy atom. The molecule has 0 aliphatic heterocycles. The molecule has 0 amide bonds. The Morgan fingerprint density at radius 3 is 2.86 bits per heavy atom. The van der Waals surface area contributed by atoms with Gasteiger partial charge in [0.1, 0.15) is 5.70 Å². The molecule has 0 N–H and O–H groups in total. The number of carbonyl (C=O) groups excluding carboxylic acids is 1. The number of hydrogen-bond donors (Lipinski definition) is 0. The van der Waals surface area contributed by atoms with Gasteiger partial charge in [-0.2, -0.15) is 0 Å². The molecule has 0 fully saturated rings. The Morgan fingerprint density at radius 2 is 2.36 bits per heavy atom. The molecule has 0 aromatic heterocycles. The van der Waals surface area contributed by atoms with E-state index in [-0.39, 0.29) is 12.3 Å². The standard InChI is InChI=1S/C8H11N3O3/c1-3-14-8(12)7(10-11-9)5-4-6-13-2/h4-6H,3H2,1-2H3/b6-4+,7-5-. The molecule has 0 radical (unpaired) electrons. The van der Waals surface area contributed by atoms with E-state index in [4.69, 9.17) is 5.53 Å². The maximum absolute atomic E-state index is 11.1. The lowest BCUT2D eigenvalue weighted by atomic mass is 10.4. The smallest absolute Gasteiger partial charge is 0.340 e. The van der Waals surface area contributed by atoms with Gasteiger partial charge in [0.05, 0.1) is 20.0 Å². The van der Waals surface area contributed by atoms with Crippen molar-refractivity contribution in [2.45, 2.75) is 6.92 Å². The van der Waals surface area contributed by atoms with Gasteiger partial charge in [0.25, 0.3) is 0 Å². The van der Waals surface area contributed by atoms with Gasteiger partial charge in [-0.1, -0.05) is 5.11 Å². The van der Waals surface area contributed by atoms with Crippen LogP contribution < -0.4 is 0 Å². The lowest BCUT2D eigenvalue weighted by Gasteiger charge is -1.98. The maximum atomic E-state index is 11.1. The maximum Gasteiger partial charge on any atom is 0.340 e. The summed E-state index contributed by atoms with van der Waals surface area (Å²) >= 11 is 0. The molecule has 0 rings (SSSR count). The number of esters is 1. The molecule has 0 aliphatic carbocycles. The molecule has 0 saturated carbocycles. The molecule has 0 heterocycles. The van der Waals surface area contributed by atoms with Gasteiger partial charge in [-0.15, -0.1) is 0 Å². The molecular formula is C8H11N3O3. The summed E-state index contributed by atoms with van der Waals surface area (Å²) in [4.78, 5) is 13.6. The van der Waals surface area contributed by atoms with E-state index in [2.05, 4.69) is 19.5 Å². The second kappa shape index (κ2) is 7.70. The largest absolute Gasteiger partial charge is 0.504 e. The van der Waals surface area contributed by atoms with Crippen molar-refractivity contribution >= 4 is 5.97 Å². The summed E-state index contributed by atoms with van der Waals surface area (Å²) in [6, 6.07) is 0. The van der Waals surface area contributed by atoms with Crippen molar-refractivity contribution in [1.29, 1.82) is 0 Å². The van der Waals surface area contributed by atoms with Crippen molar-refractivity contribution in [3.05, 3.63) is 34.6 Å². The highest BCUT2D eigenvalue weighted by atomic mass is 16.5. The Balaban J connectivity index is 4.58. The summed E-state index contributed by atoms with van der Waals surface area (Å²) in [5.41, 5.74) is 8.06. The van der Waals surface area contributed by atoms with Crippen molar-refractivity contribution in [3.63, 3.8) is 0 Å². The summed E-state index contributed by atoms with van der Waals surface area (Å²) in [7, 11) is 1.46. The van der Waals surface area contributed by atoms with Crippen LogP contribution in [0.5, 0.6) is 0 Å². The molecule has 0 aromatic rings. The molecule has 6 nitrogen and oxygen atoms in total. The summed E-state index contributed by atoms with van der Waals surface area (Å²) in [6.45, 7) is 1.89. The Hall–Kier alpha value is -1.94. The molecule has 0 atom stereocenters. The SMILES string of the molecule is CCOC(=O)/C(=C/C=C/OC)N=[N+]=[N-]. The lowest BCUT2D eigenvalue weighted by molar-refractivity contribution is -0.138. The molecular weight excluding hydrogens is 186 g/mol. The minimum Gasteiger partial charge on any atom is -0.504 e. The van der Waals surface area contributed by atoms with E-state index >= 15 is 0 Å². The molecule has 6 heteroatoms. The third-order valence-corrected chi connectivity index (χ3v) is 1.11. The first-order chi connectivity index (χ1) is 6.76. The Labute approximate surface area is 81.4 Å². The normalized spacial score (nSPS) is 10.9. The summed E-state index contributed by atoms with van der Waals surface area (Å²) in [6.07, 6.45) is 4.08. The van der Waals surface area contributed by atoms with Crippen LogP contribution in [-0.2, 0) is 14.3 Å². The van der Waals surface area contributed by atoms with Crippen LogP contribution in [0, 0.1) is 0 Å². The molecule has 0 aliphatic rings. The number of azide groups is 1. The number of allylic oxidation sites excluding steroid dienone is 2. The molecule has 76 valence electrons. The van der Waals surface area contributed by atoms with Gasteiger partial charge < -0.3 is 9.47 Å². The van der Waals surface area contributed by atoms with Gasteiger partial charge in [-0.3, -0.25) is 0 Å². The zero-order valence-corrected chi connectivity index (χ0v) is 8.01. The lowest BCUT2D eigenvalue weighted by Crippen LogP contribution is -2.05. The Bertz CT molecular complexity index is 290.